The molecule has 2 aromatic carbocycles. The lowest BCUT2D eigenvalue weighted by atomic mass is 10.1. The molecule has 0 fully saturated rings. The van der Waals surface area contributed by atoms with Crippen LogP contribution in [0.5, 0.6) is 0 Å². The van der Waals surface area contributed by atoms with Crippen molar-refractivity contribution in [1.29, 1.82) is 0 Å². The minimum atomic E-state index is -3.61. The number of benzene rings is 2. The number of sulfonamides is 1. The minimum absolute atomic E-state index is 0.133. The quantitative estimate of drug-likeness (QED) is 0.446. The fourth-order valence-corrected chi connectivity index (χ4v) is 4.98. The molecule has 33 heavy (non-hydrogen) atoms. The molecule has 0 aliphatic heterocycles. The number of hydrogen-bond acceptors (Lipinski definition) is 4. The molecule has 0 spiro atoms. The Bertz CT molecular complexity index is 1030. The van der Waals surface area contributed by atoms with E-state index in [-0.39, 0.29) is 36.2 Å². The molecule has 2 rings (SSSR count). The monoisotopic (exact) mass is 537 g/mol. The van der Waals surface area contributed by atoms with Crippen LogP contribution in [0, 0.1) is 0 Å². The Morgan fingerprint density at radius 1 is 1.09 bits per heavy atom. The summed E-state index contributed by atoms with van der Waals surface area (Å²) in [7, 11) is -2.10. The maximum absolute atomic E-state index is 13.1. The van der Waals surface area contributed by atoms with E-state index < -0.39 is 16.1 Å². The van der Waals surface area contributed by atoms with Gasteiger partial charge in [0.1, 0.15) is 6.04 Å². The third-order valence-corrected chi connectivity index (χ3v) is 7.64. The lowest BCUT2D eigenvalue weighted by Crippen LogP contribution is -2.47. The van der Waals surface area contributed by atoms with Crippen molar-refractivity contribution in [3.8, 4) is 0 Å². The van der Waals surface area contributed by atoms with Crippen LogP contribution in [-0.4, -0.2) is 55.6 Å². The zero-order valence-electron chi connectivity index (χ0n) is 19.3. The van der Waals surface area contributed by atoms with E-state index in [0.29, 0.717) is 13.0 Å². The first-order valence-electron chi connectivity index (χ1n) is 11.0. The van der Waals surface area contributed by atoms with Gasteiger partial charge in [-0.1, -0.05) is 53.2 Å². The molecule has 180 valence electrons. The van der Waals surface area contributed by atoms with E-state index in [2.05, 4.69) is 21.2 Å². The van der Waals surface area contributed by atoms with Gasteiger partial charge in [0, 0.05) is 37.6 Å². The highest BCUT2D eigenvalue weighted by molar-refractivity contribution is 9.10. The van der Waals surface area contributed by atoms with Crippen molar-refractivity contribution in [3.05, 3.63) is 64.6 Å². The van der Waals surface area contributed by atoms with Crippen LogP contribution in [0.4, 0.5) is 0 Å². The van der Waals surface area contributed by atoms with E-state index in [1.807, 2.05) is 31.2 Å². The van der Waals surface area contributed by atoms with Crippen molar-refractivity contribution < 1.29 is 18.0 Å². The summed E-state index contributed by atoms with van der Waals surface area (Å²) in [5.74, 6) is -0.399. The van der Waals surface area contributed by atoms with E-state index in [1.165, 1.54) is 11.4 Å². The Balaban J connectivity index is 2.06. The second kappa shape index (κ2) is 12.9. The first-order chi connectivity index (χ1) is 15.7. The van der Waals surface area contributed by atoms with E-state index >= 15 is 0 Å². The first-order valence-corrected chi connectivity index (χ1v) is 13.2. The van der Waals surface area contributed by atoms with Crippen LogP contribution in [0.1, 0.15) is 38.7 Å². The van der Waals surface area contributed by atoms with Crippen LogP contribution < -0.4 is 5.32 Å². The maximum Gasteiger partial charge on any atom is 0.242 e. The topological polar surface area (TPSA) is 86.8 Å². The lowest BCUT2D eigenvalue weighted by molar-refractivity contribution is -0.140. The number of nitrogens with zero attached hydrogens (tertiary/aromatic N) is 2. The molecular formula is C24H32BrN3O4S. The van der Waals surface area contributed by atoms with Crippen LogP contribution >= 0.6 is 15.9 Å². The Labute approximate surface area is 205 Å². The molecule has 0 radical (unpaired) electrons. The average molecular weight is 539 g/mol. The van der Waals surface area contributed by atoms with Crippen molar-refractivity contribution in [2.24, 2.45) is 0 Å². The molecule has 9 heteroatoms. The first kappa shape index (κ1) is 27.0. The number of hydrogen-bond donors (Lipinski definition) is 1. The number of amides is 2. The number of rotatable bonds is 12. The molecule has 0 aromatic heterocycles. The van der Waals surface area contributed by atoms with E-state index in [4.69, 9.17) is 0 Å². The van der Waals surface area contributed by atoms with Gasteiger partial charge in [-0.2, -0.15) is 0 Å². The maximum atomic E-state index is 13.1. The highest BCUT2D eigenvalue weighted by Crippen LogP contribution is 2.18. The molecule has 1 atom stereocenters. The fraction of sp³-hybridized carbons (Fsp3) is 0.417. The van der Waals surface area contributed by atoms with Crippen molar-refractivity contribution in [3.63, 3.8) is 0 Å². The van der Waals surface area contributed by atoms with Crippen molar-refractivity contribution in [2.45, 2.75) is 50.6 Å². The predicted octanol–water partition coefficient (Wildman–Crippen LogP) is 3.79. The van der Waals surface area contributed by atoms with Crippen LogP contribution in [-0.2, 0) is 26.2 Å². The van der Waals surface area contributed by atoms with Gasteiger partial charge in [-0.25, -0.2) is 12.7 Å². The van der Waals surface area contributed by atoms with Crippen molar-refractivity contribution >= 4 is 37.8 Å². The molecule has 1 unspecified atom stereocenters. The van der Waals surface area contributed by atoms with Gasteiger partial charge in [-0.05, 0) is 49.6 Å². The molecule has 0 heterocycles. The van der Waals surface area contributed by atoms with Crippen molar-refractivity contribution in [2.75, 3.05) is 20.1 Å². The Hall–Kier alpha value is -2.23. The molecule has 2 amide bonds. The molecule has 0 saturated carbocycles. The van der Waals surface area contributed by atoms with Crippen LogP contribution in [0.25, 0.3) is 0 Å². The Kier molecular flexibility index (Phi) is 10.5. The van der Waals surface area contributed by atoms with Gasteiger partial charge < -0.3 is 10.2 Å². The summed E-state index contributed by atoms with van der Waals surface area (Å²) in [5.41, 5.74) is 0.900. The van der Waals surface area contributed by atoms with E-state index in [0.717, 1.165) is 16.5 Å². The minimum Gasteiger partial charge on any atom is -0.354 e. The summed E-state index contributed by atoms with van der Waals surface area (Å²) in [4.78, 5) is 27.5. The Morgan fingerprint density at radius 2 is 1.79 bits per heavy atom. The average Bonchev–Trinajstić information content (AvgIpc) is 2.80. The molecular weight excluding hydrogens is 506 g/mol. The number of carbonyl (C=O) groups excluding carboxylic acids is 2. The second-order valence-corrected chi connectivity index (χ2v) is 10.8. The second-order valence-electron chi connectivity index (χ2n) is 7.86. The summed E-state index contributed by atoms with van der Waals surface area (Å²) in [5, 5.41) is 2.85. The summed E-state index contributed by atoms with van der Waals surface area (Å²) in [6, 6.07) is 15.2. The van der Waals surface area contributed by atoms with Crippen molar-refractivity contribution in [1.82, 2.24) is 14.5 Å². The highest BCUT2D eigenvalue weighted by atomic mass is 79.9. The summed E-state index contributed by atoms with van der Waals surface area (Å²) in [6.45, 7) is 4.72. The summed E-state index contributed by atoms with van der Waals surface area (Å²) < 4.78 is 27.5. The third kappa shape index (κ3) is 7.94. The number of nitrogens with one attached hydrogen (secondary N) is 1. The highest BCUT2D eigenvalue weighted by Gasteiger charge is 2.26. The van der Waals surface area contributed by atoms with Crippen LogP contribution in [0.2, 0.25) is 0 Å². The van der Waals surface area contributed by atoms with Gasteiger partial charge in [0.2, 0.25) is 21.8 Å². The number of halogens is 1. The molecule has 0 bridgehead atoms. The van der Waals surface area contributed by atoms with Gasteiger partial charge >= 0.3 is 0 Å². The molecule has 7 nitrogen and oxygen atoms in total. The largest absolute Gasteiger partial charge is 0.354 e. The predicted molar refractivity (Wildman–Crippen MR) is 133 cm³/mol. The van der Waals surface area contributed by atoms with Gasteiger partial charge in [0.05, 0.1) is 4.90 Å². The molecule has 0 aliphatic carbocycles. The molecule has 2 aromatic rings. The van der Waals surface area contributed by atoms with Gasteiger partial charge in [0.15, 0.2) is 0 Å². The van der Waals surface area contributed by atoms with Gasteiger partial charge in [0.25, 0.3) is 0 Å². The third-order valence-electron chi connectivity index (χ3n) is 5.27. The smallest absolute Gasteiger partial charge is 0.242 e. The van der Waals surface area contributed by atoms with E-state index in [1.54, 1.807) is 42.2 Å². The van der Waals surface area contributed by atoms with Gasteiger partial charge in [-0.15, -0.1) is 0 Å². The molecule has 1 N–H and O–H groups in total. The van der Waals surface area contributed by atoms with E-state index in [9.17, 15) is 18.0 Å². The Morgan fingerprint density at radius 3 is 2.42 bits per heavy atom. The normalized spacial score (nSPS) is 12.4. The zero-order chi connectivity index (χ0) is 24.4. The van der Waals surface area contributed by atoms with Crippen LogP contribution in [0.15, 0.2) is 64.0 Å². The SMILES string of the molecule is CCCNC(=O)C(C)N(Cc1cccc(Br)c1)C(=O)CCCN(C)S(=O)(=O)c1ccccc1. The summed E-state index contributed by atoms with van der Waals surface area (Å²) in [6.07, 6.45) is 1.29. The zero-order valence-corrected chi connectivity index (χ0v) is 21.7. The van der Waals surface area contributed by atoms with Gasteiger partial charge in [-0.3, -0.25) is 9.59 Å². The standard InChI is InChI=1S/C24H32BrN3O4S/c1-4-15-26-24(30)19(2)28(18-20-10-8-11-21(25)17-20)23(29)14-9-16-27(3)33(31,32)22-12-6-5-7-13-22/h5-8,10-13,17,19H,4,9,14-16,18H2,1-3H3,(H,26,30). The molecule has 0 aliphatic rings. The molecule has 0 saturated heterocycles. The fourth-order valence-electron chi connectivity index (χ4n) is 3.30. The summed E-state index contributed by atoms with van der Waals surface area (Å²) >= 11 is 3.44. The lowest BCUT2D eigenvalue weighted by Gasteiger charge is -2.29. The van der Waals surface area contributed by atoms with Crippen LogP contribution in [0.3, 0.4) is 0 Å². The number of carbonyl (C=O) groups is 2.